The van der Waals surface area contributed by atoms with Crippen molar-refractivity contribution in [2.45, 2.75) is 31.1 Å². The molecule has 1 saturated heterocycles. The molecular formula is C20H28N6OS. The average Bonchev–Trinajstić information content (AvgIpc) is 2.71. The van der Waals surface area contributed by atoms with E-state index in [4.69, 9.17) is 0 Å². The molecule has 1 aromatic heterocycles. The largest absolute Gasteiger partial charge is 0.356 e. The first kappa shape index (κ1) is 20.3. The average molecular weight is 401 g/mol. The molecule has 0 bridgehead atoms. The number of urea groups is 1. The van der Waals surface area contributed by atoms with Crippen LogP contribution in [-0.2, 0) is 0 Å². The van der Waals surface area contributed by atoms with Crippen molar-refractivity contribution in [3.05, 3.63) is 36.0 Å². The van der Waals surface area contributed by atoms with E-state index >= 15 is 0 Å². The number of hydrogen-bond donors (Lipinski definition) is 3. The monoisotopic (exact) mass is 400 g/mol. The summed E-state index contributed by atoms with van der Waals surface area (Å²) in [4.78, 5) is 24.6. The molecule has 1 fully saturated rings. The minimum atomic E-state index is -0.223. The van der Waals surface area contributed by atoms with Crippen LogP contribution >= 0.6 is 11.8 Å². The number of piperidine rings is 1. The van der Waals surface area contributed by atoms with Gasteiger partial charge in [-0.2, -0.15) is 4.98 Å². The number of aromatic nitrogens is 2. The van der Waals surface area contributed by atoms with Gasteiger partial charge >= 0.3 is 6.03 Å². The third-order valence-electron chi connectivity index (χ3n) is 4.54. The zero-order chi connectivity index (χ0) is 19.8. The van der Waals surface area contributed by atoms with Gasteiger partial charge in [0.25, 0.3) is 0 Å². The molecule has 2 amide bonds. The van der Waals surface area contributed by atoms with Crippen LogP contribution in [0.4, 0.5) is 22.2 Å². The molecule has 2 aromatic rings. The molecule has 1 aliphatic rings. The van der Waals surface area contributed by atoms with Crippen LogP contribution in [0, 0.1) is 6.92 Å². The number of amides is 2. The van der Waals surface area contributed by atoms with Crippen molar-refractivity contribution in [1.82, 2.24) is 15.3 Å². The second-order valence-electron chi connectivity index (χ2n) is 6.78. The van der Waals surface area contributed by atoms with Gasteiger partial charge in [0, 0.05) is 48.5 Å². The van der Waals surface area contributed by atoms with Crippen molar-refractivity contribution in [3.8, 4) is 0 Å². The van der Waals surface area contributed by atoms with Crippen molar-refractivity contribution in [1.29, 1.82) is 0 Å². The molecule has 8 heteroatoms. The number of nitrogens with one attached hydrogen (secondary N) is 3. The Hall–Kier alpha value is -2.48. The highest BCUT2D eigenvalue weighted by molar-refractivity contribution is 7.98. The molecule has 3 N–H and O–H groups in total. The van der Waals surface area contributed by atoms with E-state index < -0.39 is 0 Å². The summed E-state index contributed by atoms with van der Waals surface area (Å²) in [5.41, 5.74) is 1.72. The van der Waals surface area contributed by atoms with Crippen LogP contribution in [0.15, 0.2) is 35.2 Å². The summed E-state index contributed by atoms with van der Waals surface area (Å²) in [7, 11) is 0. The van der Waals surface area contributed by atoms with Gasteiger partial charge in [-0.3, -0.25) is 0 Å². The molecule has 0 spiro atoms. The summed E-state index contributed by atoms with van der Waals surface area (Å²) >= 11 is 1.64. The Labute approximate surface area is 170 Å². The number of carbonyl (C=O) groups is 1. The minimum absolute atomic E-state index is 0.223. The zero-order valence-electron chi connectivity index (χ0n) is 16.5. The Kier molecular flexibility index (Phi) is 7.36. The van der Waals surface area contributed by atoms with Gasteiger partial charge in [-0.05, 0) is 50.6 Å². The maximum atomic E-state index is 12.0. The van der Waals surface area contributed by atoms with E-state index in [2.05, 4.69) is 30.8 Å². The lowest BCUT2D eigenvalue weighted by molar-refractivity contribution is 0.252. The summed E-state index contributed by atoms with van der Waals surface area (Å²) in [5.74, 6) is 1.59. The highest BCUT2D eigenvalue weighted by atomic mass is 32.2. The number of aryl methyl sites for hydroxylation is 1. The van der Waals surface area contributed by atoms with E-state index in [1.54, 1.807) is 11.8 Å². The SMILES string of the molecule is CSc1cccc(NC(=O)NCCNc2nc(C)cc(N3CCCCC3)n2)c1. The fraction of sp³-hybridized carbons (Fsp3) is 0.450. The summed E-state index contributed by atoms with van der Waals surface area (Å²) in [6.07, 6.45) is 5.73. The van der Waals surface area contributed by atoms with Gasteiger partial charge < -0.3 is 20.9 Å². The smallest absolute Gasteiger partial charge is 0.319 e. The van der Waals surface area contributed by atoms with Crippen LogP contribution in [-0.4, -0.2) is 48.4 Å². The van der Waals surface area contributed by atoms with E-state index in [1.807, 2.05) is 43.5 Å². The number of benzene rings is 1. The molecule has 2 heterocycles. The molecule has 0 saturated carbocycles. The third kappa shape index (κ3) is 6.02. The molecule has 3 rings (SSSR count). The first-order valence-corrected chi connectivity index (χ1v) is 10.9. The van der Waals surface area contributed by atoms with Gasteiger partial charge in [-0.1, -0.05) is 6.07 Å². The van der Waals surface area contributed by atoms with Gasteiger partial charge in [0.15, 0.2) is 0 Å². The first-order valence-electron chi connectivity index (χ1n) is 9.67. The number of nitrogens with zero attached hydrogens (tertiary/aromatic N) is 3. The maximum absolute atomic E-state index is 12.0. The van der Waals surface area contributed by atoms with Crippen LogP contribution in [0.3, 0.4) is 0 Å². The molecule has 1 aromatic carbocycles. The number of anilines is 3. The second kappa shape index (κ2) is 10.2. The summed E-state index contributed by atoms with van der Waals surface area (Å²) in [5, 5.41) is 8.90. The normalized spacial score (nSPS) is 13.9. The van der Waals surface area contributed by atoms with Crippen LogP contribution in [0.5, 0.6) is 0 Å². The van der Waals surface area contributed by atoms with E-state index in [-0.39, 0.29) is 6.03 Å². The maximum Gasteiger partial charge on any atom is 0.319 e. The highest BCUT2D eigenvalue weighted by Gasteiger charge is 2.13. The second-order valence-corrected chi connectivity index (χ2v) is 7.66. The molecule has 0 radical (unpaired) electrons. The first-order chi connectivity index (χ1) is 13.6. The van der Waals surface area contributed by atoms with Crippen LogP contribution in [0.25, 0.3) is 0 Å². The number of thioether (sulfide) groups is 1. The van der Waals surface area contributed by atoms with Crippen molar-refractivity contribution in [2.75, 3.05) is 48.0 Å². The standard InChI is InChI=1S/C20H28N6OS/c1-15-13-18(26-11-4-3-5-12-26)25-19(23-15)21-9-10-22-20(27)24-16-7-6-8-17(14-16)28-2/h6-8,13-14H,3-5,9-12H2,1-2H3,(H,21,23,25)(H2,22,24,27). The van der Waals surface area contributed by atoms with E-state index in [0.717, 1.165) is 35.2 Å². The van der Waals surface area contributed by atoms with Gasteiger partial charge in [-0.25, -0.2) is 9.78 Å². The molecule has 150 valence electrons. The molecular weight excluding hydrogens is 372 g/mol. The van der Waals surface area contributed by atoms with E-state index in [9.17, 15) is 4.79 Å². The van der Waals surface area contributed by atoms with Gasteiger partial charge in [0.2, 0.25) is 5.95 Å². The number of rotatable bonds is 7. The van der Waals surface area contributed by atoms with E-state index in [0.29, 0.717) is 19.0 Å². The lowest BCUT2D eigenvalue weighted by Crippen LogP contribution is -2.33. The zero-order valence-corrected chi connectivity index (χ0v) is 17.3. The van der Waals surface area contributed by atoms with Crippen molar-refractivity contribution in [3.63, 3.8) is 0 Å². The van der Waals surface area contributed by atoms with Crippen LogP contribution in [0.2, 0.25) is 0 Å². The van der Waals surface area contributed by atoms with Gasteiger partial charge in [0.05, 0.1) is 0 Å². The third-order valence-corrected chi connectivity index (χ3v) is 5.27. The van der Waals surface area contributed by atoms with Crippen LogP contribution in [0.1, 0.15) is 25.0 Å². The predicted octanol–water partition coefficient (Wildman–Crippen LogP) is 3.73. The van der Waals surface area contributed by atoms with E-state index in [1.165, 1.54) is 19.3 Å². The van der Waals surface area contributed by atoms with Crippen molar-refractivity contribution < 1.29 is 4.79 Å². The lowest BCUT2D eigenvalue weighted by Gasteiger charge is -2.28. The minimum Gasteiger partial charge on any atom is -0.356 e. The Morgan fingerprint density at radius 1 is 1.14 bits per heavy atom. The Bertz CT molecular complexity index is 794. The summed E-state index contributed by atoms with van der Waals surface area (Å²) in [6, 6.07) is 9.57. The quantitative estimate of drug-likeness (QED) is 0.485. The fourth-order valence-electron chi connectivity index (χ4n) is 3.14. The number of carbonyl (C=O) groups excluding carboxylic acids is 1. The molecule has 28 heavy (non-hydrogen) atoms. The Morgan fingerprint density at radius 2 is 1.96 bits per heavy atom. The van der Waals surface area contributed by atoms with Crippen molar-refractivity contribution in [2.24, 2.45) is 0 Å². The van der Waals surface area contributed by atoms with Gasteiger partial charge in [0.1, 0.15) is 5.82 Å². The molecule has 0 aliphatic carbocycles. The summed E-state index contributed by atoms with van der Waals surface area (Å²) < 4.78 is 0. The molecule has 0 unspecified atom stereocenters. The predicted molar refractivity (Wildman–Crippen MR) is 117 cm³/mol. The van der Waals surface area contributed by atoms with Gasteiger partial charge in [-0.15, -0.1) is 11.8 Å². The Balaban J connectivity index is 1.45. The fourth-order valence-corrected chi connectivity index (χ4v) is 3.60. The topological polar surface area (TPSA) is 82.2 Å². The molecule has 0 atom stereocenters. The van der Waals surface area contributed by atoms with Crippen molar-refractivity contribution >= 4 is 35.2 Å². The number of hydrogen-bond acceptors (Lipinski definition) is 6. The molecule has 1 aliphatic heterocycles. The highest BCUT2D eigenvalue weighted by Crippen LogP contribution is 2.20. The van der Waals surface area contributed by atoms with Crippen LogP contribution < -0.4 is 20.9 Å². The summed E-state index contributed by atoms with van der Waals surface area (Å²) in [6.45, 7) is 5.12. The lowest BCUT2D eigenvalue weighted by atomic mass is 10.1. The Morgan fingerprint density at radius 3 is 2.75 bits per heavy atom. The molecule has 7 nitrogen and oxygen atoms in total.